The molecule has 0 bridgehead atoms. The number of ether oxygens (including phenoxy) is 5. The Morgan fingerprint density at radius 2 is 1.03 bits per heavy atom. The fraction of sp³-hybridized carbons (Fsp3) is 0.357. The van der Waals surface area contributed by atoms with Crippen LogP contribution in [-0.2, 0) is 43.5 Å². The van der Waals surface area contributed by atoms with E-state index in [9.17, 15) is 5.11 Å². The third-order valence-electron chi connectivity index (χ3n) is 5.86. The Morgan fingerprint density at radius 3 is 1.44 bits per heavy atom. The Balaban J connectivity index is 1.56. The van der Waals surface area contributed by atoms with E-state index in [2.05, 4.69) is 0 Å². The van der Waals surface area contributed by atoms with E-state index >= 15 is 0 Å². The molecule has 1 aliphatic heterocycles. The molecule has 0 radical (unpaired) electrons. The lowest BCUT2D eigenvalue weighted by Crippen LogP contribution is -2.61. The zero-order chi connectivity index (χ0) is 23.6. The summed E-state index contributed by atoms with van der Waals surface area (Å²) in [6, 6.07) is 29.8. The van der Waals surface area contributed by atoms with E-state index in [4.69, 9.17) is 23.7 Å². The van der Waals surface area contributed by atoms with Gasteiger partial charge in [-0.1, -0.05) is 91.0 Å². The molecule has 6 heteroatoms. The largest absolute Gasteiger partial charge is 0.394 e. The Hall–Kier alpha value is -2.58. The highest BCUT2D eigenvalue weighted by molar-refractivity contribution is 5.15. The second-order valence-corrected chi connectivity index (χ2v) is 8.24. The van der Waals surface area contributed by atoms with Crippen LogP contribution in [0.25, 0.3) is 0 Å². The predicted octanol–water partition coefficient (Wildman–Crippen LogP) is 4.11. The number of hydrogen-bond donors (Lipinski definition) is 1. The monoisotopic (exact) mass is 464 g/mol. The van der Waals surface area contributed by atoms with Crippen LogP contribution in [0.2, 0.25) is 0 Å². The first kappa shape index (κ1) is 24.5. The van der Waals surface area contributed by atoms with Gasteiger partial charge in [0.15, 0.2) is 6.29 Å². The number of hydrogen-bond acceptors (Lipinski definition) is 6. The SMILES string of the molecule is COC1OC(CO)C(OCc2ccccc2)C(OCc2ccccc2)C1OCc1ccccc1. The van der Waals surface area contributed by atoms with Crippen LogP contribution in [0.3, 0.4) is 0 Å². The molecule has 6 nitrogen and oxygen atoms in total. The van der Waals surface area contributed by atoms with Crippen LogP contribution in [0.1, 0.15) is 16.7 Å². The van der Waals surface area contributed by atoms with Gasteiger partial charge in [-0.05, 0) is 16.7 Å². The predicted molar refractivity (Wildman–Crippen MR) is 128 cm³/mol. The molecule has 1 aliphatic rings. The van der Waals surface area contributed by atoms with Crippen molar-refractivity contribution in [3.05, 3.63) is 108 Å². The van der Waals surface area contributed by atoms with Crippen molar-refractivity contribution in [3.8, 4) is 0 Å². The third kappa shape index (κ3) is 6.51. The van der Waals surface area contributed by atoms with Crippen LogP contribution in [0.4, 0.5) is 0 Å². The van der Waals surface area contributed by atoms with Gasteiger partial charge in [-0.3, -0.25) is 0 Å². The minimum Gasteiger partial charge on any atom is -0.394 e. The van der Waals surface area contributed by atoms with Gasteiger partial charge in [-0.2, -0.15) is 0 Å². The molecule has 0 spiro atoms. The summed E-state index contributed by atoms with van der Waals surface area (Å²) in [5.41, 5.74) is 3.09. The Labute approximate surface area is 201 Å². The first-order valence-electron chi connectivity index (χ1n) is 11.5. The van der Waals surface area contributed by atoms with Crippen molar-refractivity contribution in [3.63, 3.8) is 0 Å². The van der Waals surface area contributed by atoms with Crippen LogP contribution in [-0.4, -0.2) is 49.5 Å². The topological polar surface area (TPSA) is 66.4 Å². The Morgan fingerprint density at radius 1 is 0.618 bits per heavy atom. The zero-order valence-corrected chi connectivity index (χ0v) is 19.4. The standard InChI is InChI=1S/C28H32O6/c1-30-28-27(33-20-23-15-9-4-10-16-23)26(32-19-22-13-7-3-8-14-22)25(24(17-29)34-28)31-18-21-11-5-2-6-12-21/h2-16,24-29H,17-20H2,1H3. The van der Waals surface area contributed by atoms with Gasteiger partial charge in [0.05, 0.1) is 26.4 Å². The molecule has 0 aromatic heterocycles. The van der Waals surface area contributed by atoms with Crippen molar-refractivity contribution in [2.24, 2.45) is 0 Å². The molecule has 0 saturated carbocycles. The van der Waals surface area contributed by atoms with E-state index in [1.165, 1.54) is 0 Å². The molecule has 0 amide bonds. The lowest BCUT2D eigenvalue weighted by atomic mass is 9.98. The van der Waals surface area contributed by atoms with Gasteiger partial charge in [0.25, 0.3) is 0 Å². The molecule has 1 fully saturated rings. The number of methoxy groups -OCH3 is 1. The number of aliphatic hydroxyl groups excluding tert-OH is 1. The van der Waals surface area contributed by atoms with Crippen LogP contribution < -0.4 is 0 Å². The van der Waals surface area contributed by atoms with Gasteiger partial charge in [0.2, 0.25) is 0 Å². The number of benzene rings is 3. The van der Waals surface area contributed by atoms with Gasteiger partial charge >= 0.3 is 0 Å². The van der Waals surface area contributed by atoms with Gasteiger partial charge < -0.3 is 28.8 Å². The maximum atomic E-state index is 10.1. The average Bonchev–Trinajstić information content (AvgIpc) is 2.91. The highest BCUT2D eigenvalue weighted by Crippen LogP contribution is 2.30. The maximum absolute atomic E-state index is 10.1. The minimum absolute atomic E-state index is 0.226. The molecule has 180 valence electrons. The highest BCUT2D eigenvalue weighted by Gasteiger charge is 2.48. The maximum Gasteiger partial charge on any atom is 0.186 e. The fourth-order valence-electron chi connectivity index (χ4n) is 4.08. The molecular weight excluding hydrogens is 432 g/mol. The Bertz CT molecular complexity index is 895. The van der Waals surface area contributed by atoms with E-state index in [0.29, 0.717) is 19.8 Å². The molecule has 1 heterocycles. The summed E-state index contributed by atoms with van der Waals surface area (Å²) in [6.07, 6.45) is -2.97. The molecule has 34 heavy (non-hydrogen) atoms. The van der Waals surface area contributed by atoms with Gasteiger partial charge in [-0.15, -0.1) is 0 Å². The van der Waals surface area contributed by atoms with E-state index < -0.39 is 30.7 Å². The van der Waals surface area contributed by atoms with E-state index in [1.54, 1.807) is 7.11 Å². The molecule has 3 aromatic carbocycles. The van der Waals surface area contributed by atoms with Crippen molar-refractivity contribution in [1.82, 2.24) is 0 Å². The van der Waals surface area contributed by atoms with Crippen LogP contribution in [0.5, 0.6) is 0 Å². The smallest absolute Gasteiger partial charge is 0.186 e. The third-order valence-corrected chi connectivity index (χ3v) is 5.86. The number of rotatable bonds is 11. The average molecular weight is 465 g/mol. The highest BCUT2D eigenvalue weighted by atomic mass is 16.7. The van der Waals surface area contributed by atoms with Gasteiger partial charge in [0, 0.05) is 7.11 Å². The lowest BCUT2D eigenvalue weighted by molar-refractivity contribution is -0.321. The van der Waals surface area contributed by atoms with Crippen molar-refractivity contribution >= 4 is 0 Å². The second-order valence-electron chi connectivity index (χ2n) is 8.24. The van der Waals surface area contributed by atoms with Crippen molar-refractivity contribution in [2.45, 2.75) is 50.5 Å². The van der Waals surface area contributed by atoms with Crippen molar-refractivity contribution < 1.29 is 28.8 Å². The van der Waals surface area contributed by atoms with Crippen LogP contribution >= 0.6 is 0 Å². The molecule has 4 rings (SSSR count). The molecule has 1 saturated heterocycles. The molecule has 1 N–H and O–H groups in total. The van der Waals surface area contributed by atoms with E-state index in [0.717, 1.165) is 16.7 Å². The van der Waals surface area contributed by atoms with Crippen LogP contribution in [0, 0.1) is 0 Å². The molecule has 3 aromatic rings. The van der Waals surface area contributed by atoms with Gasteiger partial charge in [0.1, 0.15) is 24.4 Å². The molecule has 0 aliphatic carbocycles. The lowest BCUT2D eigenvalue weighted by Gasteiger charge is -2.45. The summed E-state index contributed by atoms with van der Waals surface area (Å²) in [4.78, 5) is 0. The normalized spacial score (nSPS) is 24.7. The first-order chi connectivity index (χ1) is 16.8. The van der Waals surface area contributed by atoms with Gasteiger partial charge in [-0.25, -0.2) is 0 Å². The number of aliphatic hydroxyl groups is 1. The summed E-state index contributed by atoms with van der Waals surface area (Å²) in [6.45, 7) is 0.876. The second kappa shape index (κ2) is 12.8. The molecule has 5 unspecified atom stereocenters. The summed E-state index contributed by atoms with van der Waals surface area (Å²) >= 11 is 0. The fourth-order valence-corrected chi connectivity index (χ4v) is 4.08. The first-order valence-corrected chi connectivity index (χ1v) is 11.5. The van der Waals surface area contributed by atoms with Crippen molar-refractivity contribution in [1.29, 1.82) is 0 Å². The summed E-state index contributed by atoms with van der Waals surface area (Å²) in [5, 5.41) is 10.1. The van der Waals surface area contributed by atoms with Crippen LogP contribution in [0.15, 0.2) is 91.0 Å². The Kier molecular flexibility index (Phi) is 9.21. The summed E-state index contributed by atoms with van der Waals surface area (Å²) in [5.74, 6) is 0. The van der Waals surface area contributed by atoms with E-state index in [-0.39, 0.29) is 6.61 Å². The summed E-state index contributed by atoms with van der Waals surface area (Å²) < 4.78 is 30.7. The minimum atomic E-state index is -0.710. The quantitative estimate of drug-likeness (QED) is 0.461. The molecular formula is C28H32O6. The zero-order valence-electron chi connectivity index (χ0n) is 19.4. The molecule has 5 atom stereocenters. The summed E-state index contributed by atoms with van der Waals surface area (Å²) in [7, 11) is 1.57. The van der Waals surface area contributed by atoms with Crippen molar-refractivity contribution in [2.75, 3.05) is 13.7 Å². The van der Waals surface area contributed by atoms with E-state index in [1.807, 2.05) is 91.0 Å².